The molecule has 0 saturated carbocycles. The maximum atomic E-state index is 11.5. The van der Waals surface area contributed by atoms with Gasteiger partial charge in [-0.2, -0.15) is 0 Å². The predicted molar refractivity (Wildman–Crippen MR) is 73.6 cm³/mol. The van der Waals surface area contributed by atoms with Crippen LogP contribution in [0.4, 0.5) is 5.82 Å². The Morgan fingerprint density at radius 3 is 2.94 bits per heavy atom. The first-order chi connectivity index (χ1) is 8.15. The number of carbonyl (C=O) groups is 1. The summed E-state index contributed by atoms with van der Waals surface area (Å²) in [6.45, 7) is 3.65. The highest BCUT2D eigenvalue weighted by molar-refractivity contribution is 14.1. The number of likely N-dealkylation sites (tertiary alicyclic amines) is 1. The molecule has 2 heterocycles. The molecule has 0 aliphatic carbocycles. The molecule has 1 unspecified atom stereocenters. The molecule has 1 aromatic rings. The number of aromatic nitrogens is 2. The zero-order valence-corrected chi connectivity index (χ0v) is 11.8. The summed E-state index contributed by atoms with van der Waals surface area (Å²) in [7, 11) is 0. The first-order valence-corrected chi connectivity index (χ1v) is 6.75. The molecule has 1 fully saturated rings. The van der Waals surface area contributed by atoms with Gasteiger partial charge in [0.25, 0.3) is 0 Å². The van der Waals surface area contributed by atoms with E-state index in [0.717, 1.165) is 29.0 Å². The Morgan fingerprint density at radius 2 is 2.35 bits per heavy atom. The molecule has 92 valence electrons. The van der Waals surface area contributed by atoms with Gasteiger partial charge < -0.3 is 10.2 Å². The lowest BCUT2D eigenvalue weighted by atomic mass is 10.3. The van der Waals surface area contributed by atoms with Gasteiger partial charge in [0.05, 0.1) is 12.4 Å². The van der Waals surface area contributed by atoms with Crippen LogP contribution in [0.15, 0.2) is 12.4 Å². The molecule has 1 amide bonds. The van der Waals surface area contributed by atoms with Crippen LogP contribution in [0.1, 0.15) is 19.8 Å². The van der Waals surface area contributed by atoms with Gasteiger partial charge in [-0.1, -0.05) is 0 Å². The van der Waals surface area contributed by atoms with Crippen molar-refractivity contribution >= 4 is 34.3 Å². The van der Waals surface area contributed by atoms with Crippen molar-refractivity contribution in [3.8, 4) is 0 Å². The highest BCUT2D eigenvalue weighted by Crippen LogP contribution is 2.11. The van der Waals surface area contributed by atoms with Gasteiger partial charge in [-0.05, 0) is 35.9 Å². The van der Waals surface area contributed by atoms with Crippen molar-refractivity contribution in [3.63, 3.8) is 0 Å². The summed E-state index contributed by atoms with van der Waals surface area (Å²) in [5.41, 5.74) is 0. The molecular weight excluding hydrogens is 331 g/mol. The molecule has 17 heavy (non-hydrogen) atoms. The van der Waals surface area contributed by atoms with E-state index < -0.39 is 0 Å². The van der Waals surface area contributed by atoms with E-state index >= 15 is 0 Å². The molecule has 0 radical (unpaired) electrons. The van der Waals surface area contributed by atoms with Crippen molar-refractivity contribution < 1.29 is 4.79 Å². The molecule has 6 heteroatoms. The smallest absolute Gasteiger partial charge is 0.222 e. The van der Waals surface area contributed by atoms with Crippen LogP contribution < -0.4 is 5.32 Å². The summed E-state index contributed by atoms with van der Waals surface area (Å²) in [5.74, 6) is 1.01. The second-order valence-electron chi connectivity index (χ2n) is 4.21. The van der Waals surface area contributed by atoms with Crippen LogP contribution in [-0.2, 0) is 4.79 Å². The van der Waals surface area contributed by atoms with Crippen LogP contribution in [0.25, 0.3) is 0 Å². The van der Waals surface area contributed by atoms with Crippen LogP contribution in [0.3, 0.4) is 0 Å². The average molecular weight is 346 g/mol. The quantitative estimate of drug-likeness (QED) is 0.840. The van der Waals surface area contributed by atoms with Gasteiger partial charge in [0.1, 0.15) is 9.52 Å². The minimum Gasteiger partial charge on any atom is -0.365 e. The second kappa shape index (κ2) is 5.61. The molecule has 2 rings (SSSR count). The largest absolute Gasteiger partial charge is 0.365 e. The van der Waals surface area contributed by atoms with E-state index in [1.807, 2.05) is 11.8 Å². The number of nitrogens with one attached hydrogen (secondary N) is 1. The Morgan fingerprint density at radius 1 is 1.53 bits per heavy atom. The van der Waals surface area contributed by atoms with Gasteiger partial charge in [0.15, 0.2) is 0 Å². The Hall–Kier alpha value is -0.920. The molecule has 1 atom stereocenters. The third-order valence-corrected chi connectivity index (χ3v) is 3.24. The first kappa shape index (κ1) is 12.5. The van der Waals surface area contributed by atoms with Gasteiger partial charge >= 0.3 is 0 Å². The van der Waals surface area contributed by atoms with Gasteiger partial charge in [-0.15, -0.1) is 0 Å². The number of hydrogen-bond donors (Lipinski definition) is 1. The third kappa shape index (κ3) is 3.52. The molecule has 1 aliphatic heterocycles. The molecule has 5 nitrogen and oxygen atoms in total. The van der Waals surface area contributed by atoms with E-state index in [9.17, 15) is 4.79 Å². The summed E-state index contributed by atoms with van der Waals surface area (Å²) in [6.07, 6.45) is 5.10. The number of carbonyl (C=O) groups excluding carboxylic acids is 1. The SMILES string of the molecule is CC(CN1CCCC1=O)Nc1cnc(I)cn1. The highest BCUT2D eigenvalue weighted by Gasteiger charge is 2.21. The summed E-state index contributed by atoms with van der Waals surface area (Å²) < 4.78 is 0.871. The summed E-state index contributed by atoms with van der Waals surface area (Å²) >= 11 is 2.12. The summed E-state index contributed by atoms with van der Waals surface area (Å²) in [4.78, 5) is 21.8. The zero-order valence-electron chi connectivity index (χ0n) is 9.69. The molecule has 1 aromatic heterocycles. The van der Waals surface area contributed by atoms with Crippen LogP contribution >= 0.6 is 22.6 Å². The number of rotatable bonds is 4. The van der Waals surface area contributed by atoms with E-state index in [0.29, 0.717) is 6.42 Å². The van der Waals surface area contributed by atoms with E-state index in [1.165, 1.54) is 0 Å². The number of anilines is 1. The number of amides is 1. The molecule has 1 saturated heterocycles. The second-order valence-corrected chi connectivity index (χ2v) is 5.32. The fraction of sp³-hybridized carbons (Fsp3) is 0.545. The monoisotopic (exact) mass is 346 g/mol. The average Bonchev–Trinajstić information content (AvgIpc) is 2.68. The van der Waals surface area contributed by atoms with Crippen LogP contribution in [-0.4, -0.2) is 39.9 Å². The zero-order chi connectivity index (χ0) is 12.3. The van der Waals surface area contributed by atoms with Gasteiger partial charge in [-0.3, -0.25) is 4.79 Å². The van der Waals surface area contributed by atoms with Gasteiger partial charge in [0, 0.05) is 25.6 Å². The fourth-order valence-electron chi connectivity index (χ4n) is 1.91. The summed E-state index contributed by atoms with van der Waals surface area (Å²) in [5, 5.41) is 3.25. The Labute approximate surface area is 114 Å². The molecule has 0 bridgehead atoms. The molecular formula is C11H15IN4O. The lowest BCUT2D eigenvalue weighted by molar-refractivity contribution is -0.127. The van der Waals surface area contributed by atoms with Crippen molar-refractivity contribution in [2.45, 2.75) is 25.8 Å². The number of hydrogen-bond acceptors (Lipinski definition) is 4. The van der Waals surface area contributed by atoms with Gasteiger partial charge in [0.2, 0.25) is 5.91 Å². The molecule has 1 aliphatic rings. The van der Waals surface area contributed by atoms with Crippen molar-refractivity contribution in [1.82, 2.24) is 14.9 Å². The van der Waals surface area contributed by atoms with Crippen molar-refractivity contribution in [2.24, 2.45) is 0 Å². The molecule has 0 spiro atoms. The molecule has 1 N–H and O–H groups in total. The highest BCUT2D eigenvalue weighted by atomic mass is 127. The van der Waals surface area contributed by atoms with Crippen molar-refractivity contribution in [1.29, 1.82) is 0 Å². The van der Waals surface area contributed by atoms with Crippen molar-refractivity contribution in [2.75, 3.05) is 18.4 Å². The first-order valence-electron chi connectivity index (χ1n) is 5.67. The maximum absolute atomic E-state index is 11.5. The van der Waals surface area contributed by atoms with E-state index in [1.54, 1.807) is 12.4 Å². The lowest BCUT2D eigenvalue weighted by Crippen LogP contribution is -2.35. The maximum Gasteiger partial charge on any atom is 0.222 e. The third-order valence-electron chi connectivity index (χ3n) is 2.68. The van der Waals surface area contributed by atoms with Crippen LogP contribution in [0.2, 0.25) is 0 Å². The fourth-order valence-corrected chi connectivity index (χ4v) is 2.19. The Bertz CT molecular complexity index is 395. The Kier molecular flexibility index (Phi) is 4.14. The summed E-state index contributed by atoms with van der Waals surface area (Å²) in [6, 6.07) is 0.186. The molecule has 0 aromatic carbocycles. The minimum absolute atomic E-state index is 0.186. The Balaban J connectivity index is 1.86. The lowest BCUT2D eigenvalue weighted by Gasteiger charge is -2.21. The van der Waals surface area contributed by atoms with Crippen molar-refractivity contribution in [3.05, 3.63) is 16.1 Å². The van der Waals surface area contributed by atoms with Gasteiger partial charge in [-0.25, -0.2) is 9.97 Å². The topological polar surface area (TPSA) is 58.1 Å². The predicted octanol–water partition coefficient (Wildman–Crippen LogP) is 1.50. The van der Waals surface area contributed by atoms with E-state index in [2.05, 4.69) is 37.9 Å². The van der Waals surface area contributed by atoms with Crippen LogP contribution in [0.5, 0.6) is 0 Å². The van der Waals surface area contributed by atoms with Crippen LogP contribution in [0, 0.1) is 3.70 Å². The number of nitrogens with zero attached hydrogens (tertiary/aromatic N) is 3. The van der Waals surface area contributed by atoms with E-state index in [-0.39, 0.29) is 11.9 Å². The number of halogens is 1. The standard InChI is InChI=1S/C11H15IN4O/c1-8(7-16-4-2-3-11(16)17)15-10-6-13-9(12)5-14-10/h5-6,8H,2-4,7H2,1H3,(H,14,15). The normalized spacial score (nSPS) is 17.3. The van der Waals surface area contributed by atoms with E-state index in [4.69, 9.17) is 0 Å². The minimum atomic E-state index is 0.186.